The summed E-state index contributed by atoms with van der Waals surface area (Å²) in [6.07, 6.45) is 0.968. The molecule has 0 aromatic carbocycles. The molecule has 1 unspecified atom stereocenters. The van der Waals surface area contributed by atoms with Crippen LogP contribution in [-0.2, 0) is 14.4 Å². The summed E-state index contributed by atoms with van der Waals surface area (Å²) in [7, 11) is 0. The maximum absolute atomic E-state index is 12.0. The zero-order chi connectivity index (χ0) is 12.6. The largest absolute Gasteiger partial charge is 0.368 e. The fraction of sp³-hybridized carbons (Fsp3) is 0.727. The number of piperidine rings is 1. The molecule has 2 heterocycles. The van der Waals surface area contributed by atoms with E-state index in [2.05, 4.69) is 0 Å². The number of carbonyl (C=O) groups excluding carboxylic acids is 3. The van der Waals surface area contributed by atoms with Crippen molar-refractivity contribution in [3.63, 3.8) is 0 Å². The summed E-state index contributed by atoms with van der Waals surface area (Å²) in [5.74, 6) is -0.572. The number of nitrogens with zero attached hydrogens (tertiary/aromatic N) is 2. The number of rotatable bonds is 3. The average molecular weight is 239 g/mol. The maximum Gasteiger partial charge on any atom is 0.237 e. The molecule has 2 aliphatic heterocycles. The van der Waals surface area contributed by atoms with E-state index in [0.29, 0.717) is 26.1 Å². The molecule has 0 saturated carbocycles. The molecule has 3 amide bonds. The first-order chi connectivity index (χ1) is 7.98. The Bertz CT molecular complexity index is 382. The van der Waals surface area contributed by atoms with Crippen LogP contribution in [0.2, 0.25) is 0 Å². The first-order valence-electron chi connectivity index (χ1n) is 5.84. The van der Waals surface area contributed by atoms with E-state index < -0.39 is 11.3 Å². The second kappa shape index (κ2) is 4.01. The number of likely N-dealkylation sites (tertiary alicyclic amines) is 2. The van der Waals surface area contributed by atoms with Crippen LogP contribution in [0, 0.1) is 5.41 Å². The Morgan fingerprint density at radius 1 is 1.41 bits per heavy atom. The van der Waals surface area contributed by atoms with Crippen molar-refractivity contribution in [1.29, 1.82) is 0 Å². The molecule has 2 N–H and O–H groups in total. The van der Waals surface area contributed by atoms with Gasteiger partial charge in [0.1, 0.15) is 0 Å². The van der Waals surface area contributed by atoms with Crippen molar-refractivity contribution in [2.24, 2.45) is 11.1 Å². The third kappa shape index (κ3) is 1.87. The SMILES string of the molecule is CCN1CCC2(CC1=O)CN(CC(N)=O)C2=O. The standard InChI is InChI=1S/C11H17N3O3/c1-2-13-4-3-11(5-9(13)16)7-14(10(11)17)6-8(12)15/h2-7H2,1H3,(H2,12,15). The van der Waals surface area contributed by atoms with Crippen molar-refractivity contribution in [3.8, 4) is 0 Å². The van der Waals surface area contributed by atoms with Crippen LogP contribution < -0.4 is 5.73 Å². The highest BCUT2D eigenvalue weighted by Gasteiger charge is 2.55. The van der Waals surface area contributed by atoms with E-state index in [1.807, 2.05) is 6.92 Å². The van der Waals surface area contributed by atoms with E-state index >= 15 is 0 Å². The Morgan fingerprint density at radius 3 is 2.59 bits per heavy atom. The van der Waals surface area contributed by atoms with Crippen molar-refractivity contribution < 1.29 is 14.4 Å². The van der Waals surface area contributed by atoms with Crippen LogP contribution in [0.4, 0.5) is 0 Å². The summed E-state index contributed by atoms with van der Waals surface area (Å²) in [6, 6.07) is 0. The second-order valence-corrected chi connectivity index (χ2v) is 4.81. The average Bonchev–Trinajstić information content (AvgIpc) is 2.28. The normalized spacial score (nSPS) is 28.5. The fourth-order valence-corrected chi connectivity index (χ4v) is 2.68. The first-order valence-corrected chi connectivity index (χ1v) is 5.84. The molecule has 2 aliphatic rings. The number of nitrogens with two attached hydrogens (primary N) is 1. The van der Waals surface area contributed by atoms with Gasteiger partial charge >= 0.3 is 0 Å². The molecule has 2 rings (SSSR count). The summed E-state index contributed by atoms with van der Waals surface area (Å²) < 4.78 is 0. The highest BCUT2D eigenvalue weighted by atomic mass is 16.2. The molecule has 2 fully saturated rings. The molecular formula is C11H17N3O3. The van der Waals surface area contributed by atoms with Gasteiger partial charge in [-0.25, -0.2) is 0 Å². The van der Waals surface area contributed by atoms with Crippen LogP contribution in [-0.4, -0.2) is 53.7 Å². The Balaban J connectivity index is 1.99. The van der Waals surface area contributed by atoms with Crippen LogP contribution in [0.1, 0.15) is 19.8 Å². The van der Waals surface area contributed by atoms with Gasteiger partial charge in [0.2, 0.25) is 17.7 Å². The predicted molar refractivity (Wildman–Crippen MR) is 59.7 cm³/mol. The van der Waals surface area contributed by atoms with E-state index in [9.17, 15) is 14.4 Å². The van der Waals surface area contributed by atoms with Crippen LogP contribution >= 0.6 is 0 Å². The Hall–Kier alpha value is -1.59. The smallest absolute Gasteiger partial charge is 0.237 e. The summed E-state index contributed by atoms with van der Waals surface area (Å²) >= 11 is 0. The fourth-order valence-electron chi connectivity index (χ4n) is 2.68. The van der Waals surface area contributed by atoms with Crippen LogP contribution in [0.3, 0.4) is 0 Å². The number of carbonyl (C=O) groups is 3. The van der Waals surface area contributed by atoms with Crippen molar-refractivity contribution in [1.82, 2.24) is 9.80 Å². The van der Waals surface area contributed by atoms with Crippen molar-refractivity contribution >= 4 is 17.7 Å². The molecule has 0 radical (unpaired) electrons. The molecule has 2 saturated heterocycles. The lowest BCUT2D eigenvalue weighted by Crippen LogP contribution is -2.66. The highest BCUT2D eigenvalue weighted by Crippen LogP contribution is 2.41. The highest BCUT2D eigenvalue weighted by molar-refractivity contribution is 5.96. The predicted octanol–water partition coefficient (Wildman–Crippen LogP) is -1.06. The molecule has 6 nitrogen and oxygen atoms in total. The lowest BCUT2D eigenvalue weighted by molar-refractivity contribution is -0.171. The minimum absolute atomic E-state index is 0.0332. The third-order valence-corrected chi connectivity index (χ3v) is 3.67. The van der Waals surface area contributed by atoms with Gasteiger partial charge in [-0.2, -0.15) is 0 Å². The quantitative estimate of drug-likeness (QED) is 0.637. The number of amides is 3. The first kappa shape index (κ1) is 11.9. The van der Waals surface area contributed by atoms with Crippen LogP contribution in [0.5, 0.6) is 0 Å². The van der Waals surface area contributed by atoms with E-state index in [-0.39, 0.29) is 24.8 Å². The number of β-lactam (4-membered cyclic amide) rings is 1. The number of primary amides is 1. The molecule has 0 aromatic rings. The molecule has 1 spiro atoms. The van der Waals surface area contributed by atoms with Gasteiger partial charge in [-0.1, -0.05) is 0 Å². The molecule has 0 bridgehead atoms. The summed E-state index contributed by atoms with van der Waals surface area (Å²) in [4.78, 5) is 37.7. The van der Waals surface area contributed by atoms with Crippen molar-refractivity contribution in [3.05, 3.63) is 0 Å². The van der Waals surface area contributed by atoms with Gasteiger partial charge in [-0.15, -0.1) is 0 Å². The lowest BCUT2D eigenvalue weighted by atomic mass is 9.70. The van der Waals surface area contributed by atoms with Gasteiger partial charge in [-0.3, -0.25) is 14.4 Å². The zero-order valence-electron chi connectivity index (χ0n) is 9.94. The van der Waals surface area contributed by atoms with Gasteiger partial charge < -0.3 is 15.5 Å². The van der Waals surface area contributed by atoms with Gasteiger partial charge in [0, 0.05) is 26.1 Å². The summed E-state index contributed by atoms with van der Waals surface area (Å²) in [5, 5.41) is 0. The topological polar surface area (TPSA) is 83.7 Å². The summed E-state index contributed by atoms with van der Waals surface area (Å²) in [5.41, 5.74) is 4.50. The van der Waals surface area contributed by atoms with Crippen molar-refractivity contribution in [2.45, 2.75) is 19.8 Å². The maximum atomic E-state index is 12.0. The summed E-state index contributed by atoms with van der Waals surface area (Å²) in [6.45, 7) is 3.70. The van der Waals surface area contributed by atoms with E-state index in [1.54, 1.807) is 4.90 Å². The van der Waals surface area contributed by atoms with Gasteiger partial charge in [0.25, 0.3) is 0 Å². The van der Waals surface area contributed by atoms with E-state index in [1.165, 1.54) is 4.90 Å². The molecular weight excluding hydrogens is 222 g/mol. The van der Waals surface area contributed by atoms with E-state index in [0.717, 1.165) is 0 Å². The lowest BCUT2D eigenvalue weighted by Gasteiger charge is -2.51. The van der Waals surface area contributed by atoms with Gasteiger partial charge in [-0.05, 0) is 13.3 Å². The molecule has 17 heavy (non-hydrogen) atoms. The minimum atomic E-state index is -0.543. The zero-order valence-corrected chi connectivity index (χ0v) is 9.94. The number of hydrogen-bond donors (Lipinski definition) is 1. The van der Waals surface area contributed by atoms with Gasteiger partial charge in [0.15, 0.2) is 0 Å². The third-order valence-electron chi connectivity index (χ3n) is 3.67. The number of hydrogen-bond acceptors (Lipinski definition) is 3. The molecule has 0 aliphatic carbocycles. The van der Waals surface area contributed by atoms with Crippen LogP contribution in [0.25, 0.3) is 0 Å². The molecule has 94 valence electrons. The second-order valence-electron chi connectivity index (χ2n) is 4.81. The minimum Gasteiger partial charge on any atom is -0.368 e. The van der Waals surface area contributed by atoms with E-state index in [4.69, 9.17) is 5.73 Å². The molecule has 0 aromatic heterocycles. The van der Waals surface area contributed by atoms with Crippen LogP contribution in [0.15, 0.2) is 0 Å². The Morgan fingerprint density at radius 2 is 2.12 bits per heavy atom. The van der Waals surface area contributed by atoms with Gasteiger partial charge in [0.05, 0.1) is 12.0 Å². The monoisotopic (exact) mass is 239 g/mol. The molecule has 6 heteroatoms. The molecule has 1 atom stereocenters. The van der Waals surface area contributed by atoms with Crippen molar-refractivity contribution in [2.75, 3.05) is 26.2 Å². The Kier molecular flexibility index (Phi) is 2.81. The Labute approximate surface area is 99.7 Å².